The van der Waals surface area contributed by atoms with E-state index >= 15 is 0 Å². The number of ether oxygens (including phenoxy) is 1. The Bertz CT molecular complexity index is 997. The zero-order valence-corrected chi connectivity index (χ0v) is 17.8. The summed E-state index contributed by atoms with van der Waals surface area (Å²) in [6.45, 7) is 4.26. The van der Waals surface area contributed by atoms with Gasteiger partial charge in [-0.1, -0.05) is 29.5 Å². The van der Waals surface area contributed by atoms with E-state index in [0.717, 1.165) is 16.9 Å². The quantitative estimate of drug-likeness (QED) is 0.542. The van der Waals surface area contributed by atoms with Crippen LogP contribution in [-0.4, -0.2) is 54.5 Å². The first-order valence-corrected chi connectivity index (χ1v) is 11.5. The van der Waals surface area contributed by atoms with E-state index in [9.17, 15) is 18.0 Å². The van der Waals surface area contributed by atoms with Crippen molar-refractivity contribution in [3.63, 3.8) is 0 Å². The monoisotopic (exact) mass is 438 g/mol. The average Bonchev–Trinajstić information content (AvgIpc) is 3.18. The predicted octanol–water partition coefficient (Wildman–Crippen LogP) is 2.06. The van der Waals surface area contributed by atoms with Gasteiger partial charge in [0.2, 0.25) is 9.47 Å². The second kappa shape index (κ2) is 8.97. The lowest BCUT2D eigenvalue weighted by Crippen LogP contribution is -2.40. The van der Waals surface area contributed by atoms with E-state index in [4.69, 9.17) is 4.74 Å². The lowest BCUT2D eigenvalue weighted by molar-refractivity contribution is -0.149. The molecule has 1 N–H and O–H groups in total. The largest absolute Gasteiger partial charge is 0.466 e. The van der Waals surface area contributed by atoms with E-state index in [2.05, 4.69) is 15.5 Å². The number of nitrogens with zero attached hydrogens (tertiary/aromatic N) is 3. The molecule has 29 heavy (non-hydrogen) atoms. The third-order valence-electron chi connectivity index (χ3n) is 4.65. The van der Waals surface area contributed by atoms with Gasteiger partial charge >= 0.3 is 5.97 Å². The summed E-state index contributed by atoms with van der Waals surface area (Å²) in [7, 11) is -3.84. The number of aromatic nitrogens is 2. The summed E-state index contributed by atoms with van der Waals surface area (Å²) < 4.78 is 31.7. The SMILES string of the molecule is CCOC(=O)C1CCN(S(=O)(=O)c2nnc(NC(=O)c3ccccc3C)s2)CC1. The molecule has 1 aliphatic rings. The molecular weight excluding hydrogens is 416 g/mol. The molecule has 0 radical (unpaired) electrons. The number of benzene rings is 1. The van der Waals surface area contributed by atoms with Crippen molar-refractivity contribution in [1.29, 1.82) is 0 Å². The minimum Gasteiger partial charge on any atom is -0.466 e. The van der Waals surface area contributed by atoms with Crippen molar-refractivity contribution in [3.05, 3.63) is 35.4 Å². The number of nitrogens with one attached hydrogen (secondary N) is 1. The fourth-order valence-electron chi connectivity index (χ4n) is 3.06. The third kappa shape index (κ3) is 4.80. The molecule has 2 aromatic rings. The van der Waals surface area contributed by atoms with Crippen LogP contribution in [0.25, 0.3) is 0 Å². The molecule has 11 heteroatoms. The number of anilines is 1. The maximum absolute atomic E-state index is 12.8. The minimum atomic E-state index is -3.84. The second-order valence-electron chi connectivity index (χ2n) is 6.57. The fourth-order valence-corrected chi connectivity index (χ4v) is 5.56. The lowest BCUT2D eigenvalue weighted by atomic mass is 9.98. The van der Waals surface area contributed by atoms with Gasteiger partial charge in [-0.25, -0.2) is 8.42 Å². The van der Waals surface area contributed by atoms with Crippen LogP contribution in [0.3, 0.4) is 0 Å². The standard InChI is InChI=1S/C18H22N4O5S2/c1-3-27-16(24)13-8-10-22(11-9-13)29(25,26)18-21-20-17(28-18)19-15(23)14-7-5-4-6-12(14)2/h4-7,13H,3,8-11H2,1-2H3,(H,19,20,23). The number of sulfonamides is 1. The van der Waals surface area contributed by atoms with E-state index < -0.39 is 10.0 Å². The van der Waals surface area contributed by atoms with Gasteiger partial charge in [-0.3, -0.25) is 14.9 Å². The molecule has 0 bridgehead atoms. The Kier molecular flexibility index (Phi) is 6.60. The normalized spacial score (nSPS) is 15.8. The van der Waals surface area contributed by atoms with Crippen LogP contribution < -0.4 is 5.32 Å². The Morgan fingerprint density at radius 1 is 1.24 bits per heavy atom. The predicted molar refractivity (Wildman–Crippen MR) is 107 cm³/mol. The van der Waals surface area contributed by atoms with Crippen LogP contribution in [0.2, 0.25) is 0 Å². The van der Waals surface area contributed by atoms with Crippen molar-refractivity contribution in [2.75, 3.05) is 25.0 Å². The summed E-state index contributed by atoms with van der Waals surface area (Å²) in [5.41, 5.74) is 1.28. The van der Waals surface area contributed by atoms with E-state index in [1.54, 1.807) is 19.1 Å². The fraction of sp³-hybridized carbons (Fsp3) is 0.444. The number of aryl methyl sites for hydroxylation is 1. The van der Waals surface area contributed by atoms with Gasteiger partial charge in [-0.15, -0.1) is 10.2 Å². The molecule has 0 atom stereocenters. The molecule has 0 aliphatic carbocycles. The first kappa shape index (κ1) is 21.3. The maximum atomic E-state index is 12.8. The summed E-state index contributed by atoms with van der Waals surface area (Å²) in [4.78, 5) is 24.2. The van der Waals surface area contributed by atoms with Crippen molar-refractivity contribution in [3.8, 4) is 0 Å². The summed E-state index contributed by atoms with van der Waals surface area (Å²) in [5, 5.41) is 10.2. The molecule has 0 spiro atoms. The van der Waals surface area contributed by atoms with Crippen LogP contribution >= 0.6 is 11.3 Å². The van der Waals surface area contributed by atoms with Gasteiger partial charge in [0.15, 0.2) is 0 Å². The molecule has 2 heterocycles. The van der Waals surface area contributed by atoms with Crippen LogP contribution in [0, 0.1) is 12.8 Å². The van der Waals surface area contributed by atoms with Crippen molar-refractivity contribution >= 4 is 38.4 Å². The smallest absolute Gasteiger partial charge is 0.309 e. The van der Waals surface area contributed by atoms with E-state index in [-0.39, 0.29) is 40.4 Å². The molecule has 3 rings (SSSR count). The summed E-state index contributed by atoms with van der Waals surface area (Å²) in [6, 6.07) is 7.06. The number of esters is 1. The number of amides is 1. The lowest BCUT2D eigenvalue weighted by Gasteiger charge is -2.29. The van der Waals surface area contributed by atoms with Crippen LogP contribution in [0.4, 0.5) is 5.13 Å². The molecule has 1 aromatic carbocycles. The Morgan fingerprint density at radius 2 is 1.93 bits per heavy atom. The highest BCUT2D eigenvalue weighted by Crippen LogP contribution is 2.28. The molecular formula is C18H22N4O5S2. The van der Waals surface area contributed by atoms with Crippen LogP contribution in [-0.2, 0) is 19.6 Å². The number of piperidine rings is 1. The topological polar surface area (TPSA) is 119 Å². The first-order valence-electron chi connectivity index (χ1n) is 9.20. The van der Waals surface area contributed by atoms with Gasteiger partial charge in [0.25, 0.3) is 15.9 Å². The average molecular weight is 439 g/mol. The molecule has 1 amide bonds. The maximum Gasteiger partial charge on any atom is 0.309 e. The Hall–Kier alpha value is -2.37. The molecule has 1 fully saturated rings. The number of rotatable bonds is 6. The third-order valence-corrected chi connectivity index (χ3v) is 7.73. The van der Waals surface area contributed by atoms with Gasteiger partial charge in [-0.2, -0.15) is 4.31 Å². The number of hydrogen-bond donors (Lipinski definition) is 1. The van der Waals surface area contributed by atoms with Crippen molar-refractivity contribution in [2.24, 2.45) is 5.92 Å². The van der Waals surface area contributed by atoms with Gasteiger partial charge in [0.05, 0.1) is 12.5 Å². The van der Waals surface area contributed by atoms with Crippen molar-refractivity contribution < 1.29 is 22.7 Å². The zero-order chi connectivity index (χ0) is 21.0. The van der Waals surface area contributed by atoms with Crippen molar-refractivity contribution in [1.82, 2.24) is 14.5 Å². The molecule has 156 valence electrons. The molecule has 1 saturated heterocycles. The van der Waals surface area contributed by atoms with Gasteiger partial charge in [0, 0.05) is 18.7 Å². The Morgan fingerprint density at radius 3 is 2.59 bits per heavy atom. The summed E-state index contributed by atoms with van der Waals surface area (Å²) in [6.07, 6.45) is 0.793. The zero-order valence-electron chi connectivity index (χ0n) is 16.1. The Labute approximate surface area is 173 Å². The number of carbonyl (C=O) groups is 2. The molecule has 1 aliphatic heterocycles. The highest BCUT2D eigenvalue weighted by Gasteiger charge is 2.34. The van der Waals surface area contributed by atoms with Gasteiger partial charge in [-0.05, 0) is 38.3 Å². The van der Waals surface area contributed by atoms with Gasteiger partial charge < -0.3 is 4.74 Å². The van der Waals surface area contributed by atoms with Crippen LogP contribution in [0.15, 0.2) is 28.6 Å². The minimum absolute atomic E-state index is 0.109. The first-order chi connectivity index (χ1) is 13.8. The molecule has 9 nitrogen and oxygen atoms in total. The second-order valence-corrected chi connectivity index (χ2v) is 9.66. The van der Waals surface area contributed by atoms with E-state index in [1.165, 1.54) is 4.31 Å². The highest BCUT2D eigenvalue weighted by atomic mass is 32.2. The molecule has 0 unspecified atom stereocenters. The highest BCUT2D eigenvalue weighted by molar-refractivity contribution is 7.91. The molecule has 1 aromatic heterocycles. The summed E-state index contributed by atoms with van der Waals surface area (Å²) in [5.74, 6) is -0.958. The van der Waals surface area contributed by atoms with Crippen LogP contribution in [0.5, 0.6) is 0 Å². The Balaban J connectivity index is 1.66. The van der Waals surface area contributed by atoms with Crippen LogP contribution in [0.1, 0.15) is 35.7 Å². The number of carbonyl (C=O) groups excluding carboxylic acids is 2. The summed E-state index contributed by atoms with van der Waals surface area (Å²) >= 11 is 0.802. The van der Waals surface area contributed by atoms with Gasteiger partial charge in [0.1, 0.15) is 0 Å². The van der Waals surface area contributed by atoms with E-state index in [0.29, 0.717) is 25.0 Å². The van der Waals surface area contributed by atoms with E-state index in [1.807, 2.05) is 19.1 Å². The van der Waals surface area contributed by atoms with Crippen molar-refractivity contribution in [2.45, 2.75) is 31.0 Å². The molecule has 0 saturated carbocycles. The number of hydrogen-bond acceptors (Lipinski definition) is 8.